The van der Waals surface area contributed by atoms with E-state index in [1.807, 2.05) is 0 Å². The molecule has 0 aliphatic carbocycles. The monoisotopic (exact) mass is 431 g/mol. The van der Waals surface area contributed by atoms with Crippen molar-refractivity contribution in [1.82, 2.24) is 25.5 Å². The van der Waals surface area contributed by atoms with Gasteiger partial charge in [-0.2, -0.15) is 4.68 Å². The third-order valence-corrected chi connectivity index (χ3v) is 6.50. The fraction of sp³-hybridized carbons (Fsp3) is 0.350. The van der Waals surface area contributed by atoms with Gasteiger partial charge in [0, 0.05) is 25.0 Å². The van der Waals surface area contributed by atoms with Crippen LogP contribution in [0.4, 0.5) is 4.39 Å². The Bertz CT molecular complexity index is 1110. The predicted octanol–water partition coefficient (Wildman–Crippen LogP) is 2.00. The lowest BCUT2D eigenvalue weighted by Crippen LogP contribution is -2.46. The van der Waals surface area contributed by atoms with Crippen LogP contribution < -0.4 is 5.32 Å². The fourth-order valence-corrected chi connectivity index (χ4v) is 4.29. The highest BCUT2D eigenvalue weighted by Gasteiger charge is 2.34. The summed E-state index contributed by atoms with van der Waals surface area (Å²) in [6, 6.07) is 12.9. The molecule has 4 rings (SSSR count). The SMILES string of the molecule is CS(=O)(=O)c1ccc(-n2nnnc2CNC2(c3ccc(F)cc3)CCOCC2)cc1. The zero-order valence-corrected chi connectivity index (χ0v) is 17.3. The smallest absolute Gasteiger partial charge is 0.175 e. The molecule has 10 heteroatoms. The van der Waals surface area contributed by atoms with E-state index in [4.69, 9.17) is 4.74 Å². The second-order valence-electron chi connectivity index (χ2n) is 7.33. The molecule has 0 amide bonds. The Morgan fingerprint density at radius 2 is 1.77 bits per heavy atom. The van der Waals surface area contributed by atoms with Gasteiger partial charge in [0.15, 0.2) is 15.7 Å². The number of rotatable bonds is 6. The molecule has 1 aliphatic rings. The van der Waals surface area contributed by atoms with E-state index in [1.54, 1.807) is 28.9 Å². The van der Waals surface area contributed by atoms with Crippen molar-refractivity contribution in [3.8, 4) is 5.69 Å². The third kappa shape index (κ3) is 4.25. The molecule has 158 valence electrons. The first-order valence-electron chi connectivity index (χ1n) is 9.54. The summed E-state index contributed by atoms with van der Waals surface area (Å²) < 4.78 is 43.9. The van der Waals surface area contributed by atoms with Gasteiger partial charge in [-0.1, -0.05) is 12.1 Å². The second-order valence-corrected chi connectivity index (χ2v) is 9.34. The van der Waals surface area contributed by atoms with Gasteiger partial charge in [0.1, 0.15) is 5.82 Å². The summed E-state index contributed by atoms with van der Waals surface area (Å²) in [6.45, 7) is 1.57. The highest BCUT2D eigenvalue weighted by atomic mass is 32.2. The number of hydrogen-bond acceptors (Lipinski definition) is 7. The zero-order chi connectivity index (χ0) is 21.2. The van der Waals surface area contributed by atoms with Crippen molar-refractivity contribution in [2.45, 2.75) is 29.8 Å². The quantitative estimate of drug-likeness (QED) is 0.637. The van der Waals surface area contributed by atoms with E-state index in [0.717, 1.165) is 24.7 Å². The Balaban J connectivity index is 1.57. The van der Waals surface area contributed by atoms with Gasteiger partial charge in [0.25, 0.3) is 0 Å². The Morgan fingerprint density at radius 1 is 1.10 bits per heavy atom. The first kappa shape index (κ1) is 20.6. The third-order valence-electron chi connectivity index (χ3n) is 5.37. The number of benzene rings is 2. The van der Waals surface area contributed by atoms with Crippen LogP contribution in [-0.4, -0.2) is 48.1 Å². The van der Waals surface area contributed by atoms with Gasteiger partial charge < -0.3 is 10.1 Å². The Hall–Kier alpha value is -2.69. The molecule has 0 atom stereocenters. The summed E-state index contributed by atoms with van der Waals surface area (Å²) in [5.41, 5.74) is 1.28. The molecule has 1 N–H and O–H groups in total. The Kier molecular flexibility index (Phi) is 5.63. The highest BCUT2D eigenvalue weighted by molar-refractivity contribution is 7.90. The van der Waals surface area contributed by atoms with Gasteiger partial charge in [-0.25, -0.2) is 12.8 Å². The molecule has 0 saturated carbocycles. The number of ether oxygens (including phenoxy) is 1. The highest BCUT2D eigenvalue weighted by Crippen LogP contribution is 2.32. The molecule has 30 heavy (non-hydrogen) atoms. The lowest BCUT2D eigenvalue weighted by Gasteiger charge is -2.38. The molecule has 0 bridgehead atoms. The van der Waals surface area contributed by atoms with E-state index in [-0.39, 0.29) is 16.3 Å². The summed E-state index contributed by atoms with van der Waals surface area (Å²) in [7, 11) is -3.28. The average molecular weight is 431 g/mol. The largest absolute Gasteiger partial charge is 0.381 e. The maximum absolute atomic E-state index is 13.4. The minimum atomic E-state index is -3.28. The van der Waals surface area contributed by atoms with E-state index >= 15 is 0 Å². The van der Waals surface area contributed by atoms with E-state index in [2.05, 4.69) is 20.8 Å². The number of halogens is 1. The summed E-state index contributed by atoms with van der Waals surface area (Å²) in [5, 5.41) is 15.5. The van der Waals surface area contributed by atoms with E-state index in [9.17, 15) is 12.8 Å². The van der Waals surface area contributed by atoms with Gasteiger partial charge in [-0.3, -0.25) is 0 Å². The lowest BCUT2D eigenvalue weighted by molar-refractivity contribution is 0.0354. The molecule has 0 radical (unpaired) electrons. The van der Waals surface area contributed by atoms with Crippen LogP contribution in [0.5, 0.6) is 0 Å². The van der Waals surface area contributed by atoms with Crippen LogP contribution in [0.15, 0.2) is 53.4 Å². The van der Waals surface area contributed by atoms with Crippen LogP contribution in [0.3, 0.4) is 0 Å². The van der Waals surface area contributed by atoms with Gasteiger partial charge in [0.05, 0.1) is 17.1 Å². The molecule has 0 spiro atoms. The normalized spacial score (nSPS) is 16.5. The first-order valence-corrected chi connectivity index (χ1v) is 11.4. The number of nitrogens with one attached hydrogen (secondary N) is 1. The van der Waals surface area contributed by atoms with E-state index in [1.165, 1.54) is 24.3 Å². The van der Waals surface area contributed by atoms with Crippen molar-refractivity contribution in [1.29, 1.82) is 0 Å². The topological polar surface area (TPSA) is 99.0 Å². The molecule has 3 aromatic rings. The summed E-state index contributed by atoms with van der Waals surface area (Å²) >= 11 is 0. The maximum atomic E-state index is 13.4. The molecule has 1 fully saturated rings. The van der Waals surface area contributed by atoms with Gasteiger partial charge in [-0.05, 0) is 65.2 Å². The van der Waals surface area contributed by atoms with Crippen LogP contribution in [0, 0.1) is 5.82 Å². The predicted molar refractivity (Wildman–Crippen MR) is 107 cm³/mol. The van der Waals surface area contributed by atoms with Crippen molar-refractivity contribution in [2.75, 3.05) is 19.5 Å². The van der Waals surface area contributed by atoms with Gasteiger partial charge >= 0.3 is 0 Å². The summed E-state index contributed by atoms with van der Waals surface area (Å²) in [6.07, 6.45) is 2.64. The molecule has 2 heterocycles. The first-order chi connectivity index (χ1) is 14.4. The molecular formula is C20H22FN5O3S. The van der Waals surface area contributed by atoms with Crippen LogP contribution in [-0.2, 0) is 26.7 Å². The molecule has 1 saturated heterocycles. The number of tetrazole rings is 1. The van der Waals surface area contributed by atoms with E-state index < -0.39 is 9.84 Å². The van der Waals surface area contributed by atoms with Gasteiger partial charge in [-0.15, -0.1) is 5.10 Å². The lowest BCUT2D eigenvalue weighted by atomic mass is 9.82. The minimum Gasteiger partial charge on any atom is -0.381 e. The molecule has 1 aliphatic heterocycles. The molecule has 2 aromatic carbocycles. The van der Waals surface area contributed by atoms with Crippen LogP contribution in [0.1, 0.15) is 24.2 Å². The van der Waals surface area contributed by atoms with Crippen LogP contribution >= 0.6 is 0 Å². The van der Waals surface area contributed by atoms with Crippen molar-refractivity contribution in [2.24, 2.45) is 0 Å². The van der Waals surface area contributed by atoms with E-state index in [0.29, 0.717) is 31.3 Å². The Morgan fingerprint density at radius 3 is 2.40 bits per heavy atom. The number of nitrogens with zero attached hydrogens (tertiary/aromatic N) is 4. The number of aromatic nitrogens is 4. The second kappa shape index (κ2) is 8.21. The number of sulfone groups is 1. The average Bonchev–Trinajstić information content (AvgIpc) is 3.22. The number of hydrogen-bond donors (Lipinski definition) is 1. The molecule has 8 nitrogen and oxygen atoms in total. The zero-order valence-electron chi connectivity index (χ0n) is 16.5. The summed E-state index contributed by atoms with van der Waals surface area (Å²) in [5.74, 6) is 0.303. The van der Waals surface area contributed by atoms with Crippen molar-refractivity contribution in [3.05, 3.63) is 65.7 Å². The van der Waals surface area contributed by atoms with Crippen LogP contribution in [0.25, 0.3) is 5.69 Å². The molecular weight excluding hydrogens is 409 g/mol. The summed E-state index contributed by atoms with van der Waals surface area (Å²) in [4.78, 5) is 0.233. The minimum absolute atomic E-state index is 0.233. The van der Waals surface area contributed by atoms with Crippen molar-refractivity contribution < 1.29 is 17.5 Å². The molecule has 0 unspecified atom stereocenters. The molecule has 1 aromatic heterocycles. The Labute approximate surface area is 174 Å². The van der Waals surface area contributed by atoms with Gasteiger partial charge in [0.2, 0.25) is 0 Å². The fourth-order valence-electron chi connectivity index (χ4n) is 3.66. The van der Waals surface area contributed by atoms with Crippen molar-refractivity contribution >= 4 is 9.84 Å². The standard InChI is InChI=1S/C20H22FN5O3S/c1-30(27,28)18-8-6-17(7-9-18)26-19(23-24-25-26)14-22-20(10-12-29-13-11-20)15-2-4-16(21)5-3-15/h2-9,22H,10-14H2,1H3. The van der Waals surface area contributed by atoms with Crippen molar-refractivity contribution in [3.63, 3.8) is 0 Å². The van der Waals surface area contributed by atoms with Crippen LogP contribution in [0.2, 0.25) is 0 Å². The maximum Gasteiger partial charge on any atom is 0.175 e.